The first-order chi connectivity index (χ1) is 7.90. The molecule has 0 fully saturated rings. The first-order valence-electron chi connectivity index (χ1n) is 6.65. The molecule has 17 heavy (non-hydrogen) atoms. The summed E-state index contributed by atoms with van der Waals surface area (Å²) in [6, 6.07) is 6.94. The summed E-state index contributed by atoms with van der Waals surface area (Å²) in [6.45, 7) is 12.4. The Hall–Kier alpha value is -0.820. The molecule has 96 valence electrons. The van der Waals surface area contributed by atoms with Crippen molar-refractivity contribution in [2.24, 2.45) is 0 Å². The maximum atomic E-state index is 3.30. The van der Waals surface area contributed by atoms with Gasteiger partial charge in [-0.05, 0) is 48.4 Å². The second kappa shape index (κ2) is 5.68. The van der Waals surface area contributed by atoms with Crippen LogP contribution in [-0.4, -0.2) is 13.6 Å². The summed E-state index contributed by atoms with van der Waals surface area (Å²) in [6.07, 6.45) is 1.19. The Labute approximate surface area is 107 Å². The highest BCUT2D eigenvalue weighted by atomic mass is 14.8. The zero-order valence-electron chi connectivity index (χ0n) is 12.2. The third-order valence-corrected chi connectivity index (χ3v) is 3.53. The monoisotopic (exact) mass is 233 g/mol. The summed E-state index contributed by atoms with van der Waals surface area (Å²) >= 11 is 0. The van der Waals surface area contributed by atoms with E-state index in [-0.39, 0.29) is 5.41 Å². The van der Waals surface area contributed by atoms with Crippen LogP contribution in [0.4, 0.5) is 0 Å². The Morgan fingerprint density at radius 1 is 1.24 bits per heavy atom. The summed E-state index contributed by atoms with van der Waals surface area (Å²) in [5.41, 5.74) is 4.60. The number of likely N-dealkylation sites (N-methyl/N-ethyl adjacent to an activating group) is 1. The van der Waals surface area contributed by atoms with E-state index in [9.17, 15) is 0 Å². The van der Waals surface area contributed by atoms with Gasteiger partial charge in [-0.2, -0.15) is 0 Å². The lowest BCUT2D eigenvalue weighted by atomic mass is 9.82. The van der Waals surface area contributed by atoms with E-state index in [0.29, 0.717) is 5.92 Å². The molecule has 1 rings (SSSR count). The first-order valence-corrected chi connectivity index (χ1v) is 6.65. The third kappa shape index (κ3) is 3.57. The lowest BCUT2D eigenvalue weighted by Crippen LogP contribution is -2.19. The maximum Gasteiger partial charge on any atom is 0.00171 e. The molecule has 0 spiro atoms. The second-order valence-corrected chi connectivity index (χ2v) is 5.98. The second-order valence-electron chi connectivity index (χ2n) is 5.98. The van der Waals surface area contributed by atoms with Crippen molar-refractivity contribution in [1.29, 1.82) is 0 Å². The molecular formula is C16H27N. The van der Waals surface area contributed by atoms with Crippen molar-refractivity contribution >= 4 is 0 Å². The van der Waals surface area contributed by atoms with Gasteiger partial charge < -0.3 is 5.32 Å². The van der Waals surface area contributed by atoms with Crippen LogP contribution in [0.3, 0.4) is 0 Å². The summed E-state index contributed by atoms with van der Waals surface area (Å²) in [5.74, 6) is 0.627. The van der Waals surface area contributed by atoms with Crippen LogP contribution in [0.5, 0.6) is 0 Å². The van der Waals surface area contributed by atoms with Crippen molar-refractivity contribution in [2.75, 3.05) is 13.6 Å². The fraction of sp³-hybridized carbons (Fsp3) is 0.625. The molecule has 1 aromatic carbocycles. The zero-order chi connectivity index (χ0) is 13.1. The average Bonchev–Trinajstić information content (AvgIpc) is 2.25. The van der Waals surface area contributed by atoms with Crippen LogP contribution in [0, 0.1) is 6.92 Å². The smallest absolute Gasteiger partial charge is 0.00171 e. The molecule has 0 aliphatic heterocycles. The van der Waals surface area contributed by atoms with Crippen LogP contribution in [0.15, 0.2) is 18.2 Å². The van der Waals surface area contributed by atoms with Crippen molar-refractivity contribution in [3.63, 3.8) is 0 Å². The molecule has 0 bridgehead atoms. The van der Waals surface area contributed by atoms with Crippen LogP contribution < -0.4 is 5.32 Å². The Balaban J connectivity index is 3.13. The molecule has 1 atom stereocenters. The quantitative estimate of drug-likeness (QED) is 0.828. The molecule has 0 heterocycles. The molecule has 0 amide bonds. The predicted molar refractivity (Wildman–Crippen MR) is 76.8 cm³/mol. The fourth-order valence-corrected chi connectivity index (χ4v) is 2.27. The van der Waals surface area contributed by atoms with E-state index in [0.717, 1.165) is 6.54 Å². The van der Waals surface area contributed by atoms with Gasteiger partial charge in [0.25, 0.3) is 0 Å². The highest BCUT2D eigenvalue weighted by Crippen LogP contribution is 2.29. The van der Waals surface area contributed by atoms with Gasteiger partial charge in [-0.15, -0.1) is 0 Å². The van der Waals surface area contributed by atoms with Gasteiger partial charge in [0.1, 0.15) is 0 Å². The summed E-state index contributed by atoms with van der Waals surface area (Å²) in [4.78, 5) is 0. The molecule has 0 aromatic heterocycles. The molecule has 0 radical (unpaired) electrons. The SMILES string of the molecule is CCC(CNC)c1cc(C(C)(C)C)ccc1C. The van der Waals surface area contributed by atoms with E-state index in [1.807, 2.05) is 7.05 Å². The van der Waals surface area contributed by atoms with Crippen molar-refractivity contribution in [2.45, 2.75) is 52.4 Å². The van der Waals surface area contributed by atoms with Crippen LogP contribution >= 0.6 is 0 Å². The molecular weight excluding hydrogens is 206 g/mol. The predicted octanol–water partition coefficient (Wildman–Crippen LogP) is 4.01. The summed E-state index contributed by atoms with van der Waals surface area (Å²) in [7, 11) is 2.03. The van der Waals surface area contributed by atoms with Gasteiger partial charge in [0, 0.05) is 6.54 Å². The normalized spacial score (nSPS) is 13.8. The minimum absolute atomic E-state index is 0.236. The molecule has 1 nitrogen and oxygen atoms in total. The van der Waals surface area contributed by atoms with E-state index in [1.54, 1.807) is 0 Å². The highest BCUT2D eigenvalue weighted by Gasteiger charge is 2.17. The fourth-order valence-electron chi connectivity index (χ4n) is 2.27. The van der Waals surface area contributed by atoms with Gasteiger partial charge in [0.15, 0.2) is 0 Å². The van der Waals surface area contributed by atoms with Crippen molar-refractivity contribution in [3.8, 4) is 0 Å². The molecule has 0 aliphatic carbocycles. The lowest BCUT2D eigenvalue weighted by Gasteiger charge is -2.24. The van der Waals surface area contributed by atoms with Gasteiger partial charge in [-0.25, -0.2) is 0 Å². The number of rotatable bonds is 4. The Morgan fingerprint density at radius 2 is 1.88 bits per heavy atom. The van der Waals surface area contributed by atoms with Gasteiger partial charge in [-0.3, -0.25) is 0 Å². The van der Waals surface area contributed by atoms with Crippen molar-refractivity contribution < 1.29 is 0 Å². The topological polar surface area (TPSA) is 12.0 Å². The standard InChI is InChI=1S/C16H27N/c1-7-13(11-17-6)15-10-14(16(3,4)5)9-8-12(15)2/h8-10,13,17H,7,11H2,1-6H3. The van der Waals surface area contributed by atoms with Gasteiger partial charge in [0.2, 0.25) is 0 Å². The Bertz CT molecular complexity index is 360. The summed E-state index contributed by atoms with van der Waals surface area (Å²) in [5, 5.41) is 3.30. The van der Waals surface area contributed by atoms with Crippen molar-refractivity contribution in [1.82, 2.24) is 5.32 Å². The average molecular weight is 233 g/mol. The number of benzene rings is 1. The summed E-state index contributed by atoms with van der Waals surface area (Å²) < 4.78 is 0. The highest BCUT2D eigenvalue weighted by molar-refractivity contribution is 5.37. The molecule has 0 saturated heterocycles. The molecule has 0 saturated carbocycles. The van der Waals surface area contributed by atoms with Crippen LogP contribution in [-0.2, 0) is 5.41 Å². The molecule has 1 aromatic rings. The van der Waals surface area contributed by atoms with Crippen LogP contribution in [0.25, 0.3) is 0 Å². The Kier molecular flexibility index (Phi) is 4.76. The Morgan fingerprint density at radius 3 is 2.35 bits per heavy atom. The van der Waals surface area contributed by atoms with Crippen LogP contribution in [0.1, 0.15) is 56.7 Å². The van der Waals surface area contributed by atoms with E-state index >= 15 is 0 Å². The van der Waals surface area contributed by atoms with Crippen LogP contribution in [0.2, 0.25) is 0 Å². The van der Waals surface area contributed by atoms with E-state index in [1.165, 1.54) is 23.1 Å². The van der Waals surface area contributed by atoms with Gasteiger partial charge in [0.05, 0.1) is 0 Å². The lowest BCUT2D eigenvalue weighted by molar-refractivity contribution is 0.579. The maximum absolute atomic E-state index is 3.30. The molecule has 1 unspecified atom stereocenters. The minimum Gasteiger partial charge on any atom is -0.319 e. The number of aryl methyl sites for hydroxylation is 1. The number of nitrogens with one attached hydrogen (secondary N) is 1. The third-order valence-electron chi connectivity index (χ3n) is 3.53. The molecule has 1 heteroatoms. The number of hydrogen-bond donors (Lipinski definition) is 1. The first kappa shape index (κ1) is 14.2. The minimum atomic E-state index is 0.236. The molecule has 0 aliphatic rings. The number of hydrogen-bond acceptors (Lipinski definition) is 1. The largest absolute Gasteiger partial charge is 0.319 e. The van der Waals surface area contributed by atoms with E-state index < -0.39 is 0 Å². The molecule has 1 N–H and O–H groups in total. The van der Waals surface area contributed by atoms with E-state index in [2.05, 4.69) is 58.1 Å². The van der Waals surface area contributed by atoms with Crippen molar-refractivity contribution in [3.05, 3.63) is 34.9 Å². The zero-order valence-corrected chi connectivity index (χ0v) is 12.2. The van der Waals surface area contributed by atoms with E-state index in [4.69, 9.17) is 0 Å². The van der Waals surface area contributed by atoms with Gasteiger partial charge >= 0.3 is 0 Å². The van der Waals surface area contributed by atoms with Gasteiger partial charge in [-0.1, -0.05) is 45.9 Å².